The third-order valence-electron chi connectivity index (χ3n) is 2.95. The van der Waals surface area contributed by atoms with Crippen LogP contribution in [0.4, 0.5) is 5.82 Å². The Labute approximate surface area is 122 Å². The smallest absolute Gasteiger partial charge is 0.318 e. The standard InChI is InChI=1S/C12H17ClN4O3/c1-8(11(18)17-3-5-20-6-4-17)15-10-9(13)7-14-12(16-10)19-2/h7-8H,3-6H2,1-2H3,(H,14,15,16). The number of aromatic nitrogens is 2. The summed E-state index contributed by atoms with van der Waals surface area (Å²) in [5.41, 5.74) is 0. The van der Waals surface area contributed by atoms with Crippen LogP contribution in [0.15, 0.2) is 6.20 Å². The van der Waals surface area contributed by atoms with Gasteiger partial charge < -0.3 is 19.7 Å². The third-order valence-corrected chi connectivity index (χ3v) is 3.23. The van der Waals surface area contributed by atoms with Gasteiger partial charge in [0, 0.05) is 13.1 Å². The normalized spacial score (nSPS) is 16.6. The van der Waals surface area contributed by atoms with Crippen molar-refractivity contribution >= 4 is 23.3 Å². The van der Waals surface area contributed by atoms with Crippen molar-refractivity contribution in [2.24, 2.45) is 0 Å². The second kappa shape index (κ2) is 6.71. The van der Waals surface area contributed by atoms with Gasteiger partial charge in [0.25, 0.3) is 0 Å². The fourth-order valence-corrected chi connectivity index (χ4v) is 2.02. The SMILES string of the molecule is COc1ncc(Cl)c(NC(C)C(=O)N2CCOCC2)n1. The van der Waals surface area contributed by atoms with E-state index in [9.17, 15) is 4.79 Å². The minimum atomic E-state index is -0.440. The van der Waals surface area contributed by atoms with Gasteiger partial charge in [-0.3, -0.25) is 4.79 Å². The highest BCUT2D eigenvalue weighted by Gasteiger charge is 2.23. The van der Waals surface area contributed by atoms with E-state index in [-0.39, 0.29) is 11.9 Å². The van der Waals surface area contributed by atoms with Crippen molar-refractivity contribution in [3.63, 3.8) is 0 Å². The molecule has 0 spiro atoms. The molecule has 0 aromatic carbocycles. The Bertz CT molecular complexity index is 480. The van der Waals surface area contributed by atoms with Gasteiger partial charge in [-0.2, -0.15) is 4.98 Å². The lowest BCUT2D eigenvalue weighted by Gasteiger charge is -2.29. The van der Waals surface area contributed by atoms with Gasteiger partial charge in [-0.05, 0) is 6.92 Å². The Morgan fingerprint density at radius 2 is 2.25 bits per heavy atom. The van der Waals surface area contributed by atoms with Gasteiger partial charge in [-0.25, -0.2) is 4.98 Å². The molecular formula is C12H17ClN4O3. The van der Waals surface area contributed by atoms with Gasteiger partial charge in [-0.1, -0.05) is 11.6 Å². The summed E-state index contributed by atoms with van der Waals surface area (Å²) in [5, 5.41) is 3.33. The quantitative estimate of drug-likeness (QED) is 0.886. The van der Waals surface area contributed by atoms with Crippen LogP contribution in [0.3, 0.4) is 0 Å². The number of morpholine rings is 1. The first-order chi connectivity index (χ1) is 9.61. The highest BCUT2D eigenvalue weighted by molar-refractivity contribution is 6.32. The van der Waals surface area contributed by atoms with Crippen molar-refractivity contribution in [1.82, 2.24) is 14.9 Å². The number of methoxy groups -OCH3 is 1. The van der Waals surface area contributed by atoms with Gasteiger partial charge in [0.15, 0.2) is 5.82 Å². The molecular weight excluding hydrogens is 284 g/mol. The molecule has 1 saturated heterocycles. The molecule has 1 fully saturated rings. The Kier molecular flexibility index (Phi) is 4.97. The molecule has 2 rings (SSSR count). The lowest BCUT2D eigenvalue weighted by Crippen LogP contribution is -2.47. The summed E-state index contributed by atoms with van der Waals surface area (Å²) in [5.74, 6) is 0.370. The van der Waals surface area contributed by atoms with E-state index in [0.717, 1.165) is 0 Å². The molecule has 0 aliphatic carbocycles. The fourth-order valence-electron chi connectivity index (χ4n) is 1.87. The maximum Gasteiger partial charge on any atom is 0.318 e. The molecule has 1 aliphatic rings. The van der Waals surface area contributed by atoms with Crippen molar-refractivity contribution in [3.8, 4) is 6.01 Å². The molecule has 0 saturated carbocycles. The molecule has 1 aromatic rings. The van der Waals surface area contributed by atoms with E-state index in [2.05, 4.69) is 15.3 Å². The van der Waals surface area contributed by atoms with Crippen LogP contribution in [0.25, 0.3) is 0 Å². The number of halogens is 1. The molecule has 1 aromatic heterocycles. The molecule has 1 amide bonds. The number of carbonyl (C=O) groups excluding carboxylic acids is 1. The van der Waals surface area contributed by atoms with Crippen LogP contribution < -0.4 is 10.1 Å². The summed E-state index contributed by atoms with van der Waals surface area (Å²) in [6, 6.07) is -0.242. The number of ether oxygens (including phenoxy) is 2. The predicted molar refractivity (Wildman–Crippen MR) is 74.1 cm³/mol. The van der Waals surface area contributed by atoms with Gasteiger partial charge in [-0.15, -0.1) is 0 Å². The molecule has 1 N–H and O–H groups in total. The first-order valence-electron chi connectivity index (χ1n) is 6.31. The first-order valence-corrected chi connectivity index (χ1v) is 6.69. The number of nitrogens with zero attached hydrogens (tertiary/aromatic N) is 3. The Hall–Kier alpha value is -1.60. The van der Waals surface area contributed by atoms with Crippen LogP contribution in [0.1, 0.15) is 6.92 Å². The van der Waals surface area contributed by atoms with E-state index < -0.39 is 6.04 Å². The van der Waals surface area contributed by atoms with Crippen LogP contribution >= 0.6 is 11.6 Å². The van der Waals surface area contributed by atoms with E-state index in [1.165, 1.54) is 13.3 Å². The molecule has 2 heterocycles. The second-order valence-corrected chi connectivity index (χ2v) is 4.76. The minimum Gasteiger partial charge on any atom is -0.467 e. The molecule has 8 heteroatoms. The van der Waals surface area contributed by atoms with Crippen LogP contribution in [-0.2, 0) is 9.53 Å². The van der Waals surface area contributed by atoms with Crippen LogP contribution in [0.5, 0.6) is 6.01 Å². The second-order valence-electron chi connectivity index (χ2n) is 4.36. The Balaban J connectivity index is 2.03. The van der Waals surface area contributed by atoms with E-state index in [1.807, 2.05) is 0 Å². The van der Waals surface area contributed by atoms with Gasteiger partial charge in [0.05, 0.1) is 26.5 Å². The lowest BCUT2D eigenvalue weighted by atomic mass is 10.2. The number of rotatable bonds is 4. The minimum absolute atomic E-state index is 0.0121. The molecule has 20 heavy (non-hydrogen) atoms. The molecule has 7 nitrogen and oxygen atoms in total. The first kappa shape index (κ1) is 14.8. The largest absolute Gasteiger partial charge is 0.467 e. The maximum absolute atomic E-state index is 12.3. The van der Waals surface area contributed by atoms with Gasteiger partial charge >= 0.3 is 6.01 Å². The zero-order valence-electron chi connectivity index (χ0n) is 11.4. The molecule has 1 aliphatic heterocycles. The molecule has 1 unspecified atom stereocenters. The topological polar surface area (TPSA) is 76.6 Å². The molecule has 0 bridgehead atoms. The third kappa shape index (κ3) is 3.49. The predicted octanol–water partition coefficient (Wildman–Crippen LogP) is 0.798. The van der Waals surface area contributed by atoms with Crippen molar-refractivity contribution in [2.45, 2.75) is 13.0 Å². The number of nitrogens with one attached hydrogen (secondary N) is 1. The highest BCUT2D eigenvalue weighted by Crippen LogP contribution is 2.21. The number of amides is 1. The number of anilines is 1. The van der Waals surface area contributed by atoms with Crippen LogP contribution in [0.2, 0.25) is 5.02 Å². The number of hydrogen-bond donors (Lipinski definition) is 1. The maximum atomic E-state index is 12.3. The summed E-state index contributed by atoms with van der Waals surface area (Å²) >= 11 is 6.00. The lowest BCUT2D eigenvalue weighted by molar-refractivity contribution is -0.135. The van der Waals surface area contributed by atoms with E-state index in [1.54, 1.807) is 11.8 Å². The average molecular weight is 301 g/mol. The van der Waals surface area contributed by atoms with Crippen LogP contribution in [0, 0.1) is 0 Å². The molecule has 0 radical (unpaired) electrons. The Morgan fingerprint density at radius 3 is 2.90 bits per heavy atom. The fraction of sp³-hybridized carbons (Fsp3) is 0.583. The summed E-state index contributed by atoms with van der Waals surface area (Å²) in [7, 11) is 1.47. The monoisotopic (exact) mass is 300 g/mol. The molecule has 110 valence electrons. The summed E-state index contributed by atoms with van der Waals surface area (Å²) in [4.78, 5) is 22.0. The zero-order valence-corrected chi connectivity index (χ0v) is 12.2. The van der Waals surface area contributed by atoms with E-state index in [4.69, 9.17) is 21.1 Å². The zero-order chi connectivity index (χ0) is 14.5. The number of carbonyl (C=O) groups is 1. The van der Waals surface area contributed by atoms with E-state index in [0.29, 0.717) is 37.1 Å². The summed E-state index contributed by atoms with van der Waals surface area (Å²) in [6.07, 6.45) is 1.43. The van der Waals surface area contributed by atoms with Gasteiger partial charge in [0.2, 0.25) is 5.91 Å². The van der Waals surface area contributed by atoms with Crippen molar-refractivity contribution < 1.29 is 14.3 Å². The average Bonchev–Trinajstić information content (AvgIpc) is 2.49. The van der Waals surface area contributed by atoms with Crippen LogP contribution in [-0.4, -0.2) is 60.2 Å². The van der Waals surface area contributed by atoms with E-state index >= 15 is 0 Å². The van der Waals surface area contributed by atoms with Gasteiger partial charge in [0.1, 0.15) is 11.1 Å². The molecule has 1 atom stereocenters. The summed E-state index contributed by atoms with van der Waals surface area (Å²) in [6.45, 7) is 4.11. The van der Waals surface area contributed by atoms with Crippen molar-refractivity contribution in [3.05, 3.63) is 11.2 Å². The number of hydrogen-bond acceptors (Lipinski definition) is 6. The Morgan fingerprint density at radius 1 is 1.55 bits per heavy atom. The summed E-state index contributed by atoms with van der Waals surface area (Å²) < 4.78 is 10.2. The highest BCUT2D eigenvalue weighted by atomic mass is 35.5. The van der Waals surface area contributed by atoms with Crippen molar-refractivity contribution in [2.75, 3.05) is 38.7 Å². The van der Waals surface area contributed by atoms with Crippen molar-refractivity contribution in [1.29, 1.82) is 0 Å².